The molecule has 0 saturated carbocycles. The Hall–Kier alpha value is -6.12. The molecule has 6 aromatic carbocycles. The summed E-state index contributed by atoms with van der Waals surface area (Å²) < 4.78 is 72.4. The molecule has 0 aromatic heterocycles. The standard InChI is InChI=1S/C67H76O12/c1-8-42-25-51(66(4,5)48-11-18-54(19-12-48)69-31-57-34-72-57)28-45(63(42)78-40-60-37-75-60)24-46-29-52(67(6,7)49-13-20-55(21-14-49)70-32-58-35-73-58)27-44(64(46)79-41-61-38-76-61)23-43-26-50(15-22-62(43)77-39-59-36-74-59)65(2,3)47-9-16-53(17-10-47)68-30-56-33-71-56/h9-22,25-29,56-61H,8,23-24,30-41H2,1-7H3. The first-order valence-electron chi connectivity index (χ1n) is 28.5. The Labute approximate surface area is 465 Å². The van der Waals surface area contributed by atoms with Crippen molar-refractivity contribution in [1.29, 1.82) is 0 Å². The fraction of sp³-hybridized carbons (Fsp3) is 0.463. The summed E-state index contributed by atoms with van der Waals surface area (Å²) in [7, 11) is 0. The molecule has 0 radical (unpaired) electrons. The Morgan fingerprint density at radius 2 is 0.608 bits per heavy atom. The summed E-state index contributed by atoms with van der Waals surface area (Å²) in [5.41, 5.74) is 11.3. The van der Waals surface area contributed by atoms with Gasteiger partial charge in [-0.25, -0.2) is 0 Å². The van der Waals surface area contributed by atoms with Crippen molar-refractivity contribution in [1.82, 2.24) is 0 Å². The van der Waals surface area contributed by atoms with Crippen molar-refractivity contribution in [3.05, 3.63) is 176 Å². The molecule has 6 saturated heterocycles. The van der Waals surface area contributed by atoms with E-state index >= 15 is 0 Å². The summed E-state index contributed by atoms with van der Waals surface area (Å²) in [5, 5.41) is 0. The molecular formula is C67H76O12. The van der Waals surface area contributed by atoms with Gasteiger partial charge in [0.05, 0.1) is 39.6 Å². The monoisotopic (exact) mass is 1070 g/mol. The van der Waals surface area contributed by atoms with Gasteiger partial charge in [0.15, 0.2) is 0 Å². The van der Waals surface area contributed by atoms with Crippen LogP contribution < -0.4 is 28.4 Å². The Balaban J connectivity index is 0.962. The lowest BCUT2D eigenvalue weighted by molar-refractivity contribution is 0.256. The van der Waals surface area contributed by atoms with Gasteiger partial charge in [-0.1, -0.05) is 121 Å². The lowest BCUT2D eigenvalue weighted by atomic mass is 9.75. The average Bonchev–Trinajstić information content (AvgIpc) is 4.37. The predicted molar refractivity (Wildman–Crippen MR) is 301 cm³/mol. The topological polar surface area (TPSA) is 131 Å². The Kier molecular flexibility index (Phi) is 15.2. The van der Waals surface area contributed by atoms with Crippen LogP contribution in [0.4, 0.5) is 0 Å². The molecule has 6 aliphatic rings. The maximum absolute atomic E-state index is 7.15. The van der Waals surface area contributed by atoms with Crippen LogP contribution in [0.3, 0.4) is 0 Å². The highest BCUT2D eigenvalue weighted by Crippen LogP contribution is 2.44. The van der Waals surface area contributed by atoms with Gasteiger partial charge in [-0.3, -0.25) is 0 Å². The molecule has 12 rings (SSSR count). The highest BCUT2D eigenvalue weighted by atomic mass is 16.6. The molecule has 79 heavy (non-hydrogen) atoms. The van der Waals surface area contributed by atoms with E-state index in [0.29, 0.717) is 72.3 Å². The second-order valence-corrected chi connectivity index (χ2v) is 23.8. The van der Waals surface area contributed by atoms with E-state index in [-0.39, 0.29) is 47.5 Å². The molecule has 0 N–H and O–H groups in total. The lowest BCUT2D eigenvalue weighted by Gasteiger charge is -2.31. The number of benzene rings is 6. The smallest absolute Gasteiger partial charge is 0.126 e. The second kappa shape index (κ2) is 22.4. The molecule has 6 aromatic rings. The van der Waals surface area contributed by atoms with Crippen molar-refractivity contribution in [2.75, 3.05) is 79.3 Å². The van der Waals surface area contributed by atoms with Gasteiger partial charge in [-0.15, -0.1) is 0 Å². The predicted octanol–water partition coefficient (Wildman–Crippen LogP) is 11.1. The molecule has 416 valence electrons. The number of ether oxygens (including phenoxy) is 12. The molecule has 12 heteroatoms. The summed E-state index contributed by atoms with van der Waals surface area (Å²) in [6.07, 6.45) is 2.62. The van der Waals surface area contributed by atoms with E-state index in [1.165, 1.54) is 22.3 Å². The van der Waals surface area contributed by atoms with Gasteiger partial charge in [0.2, 0.25) is 0 Å². The zero-order chi connectivity index (χ0) is 54.3. The Morgan fingerprint density at radius 3 is 0.962 bits per heavy atom. The van der Waals surface area contributed by atoms with E-state index in [1.54, 1.807) is 0 Å². The summed E-state index contributed by atoms with van der Waals surface area (Å²) >= 11 is 0. The number of epoxide rings is 6. The van der Waals surface area contributed by atoms with Gasteiger partial charge in [0, 0.05) is 29.1 Å². The number of hydrogen-bond donors (Lipinski definition) is 0. The largest absolute Gasteiger partial charge is 0.491 e. The molecule has 0 amide bonds. The molecule has 6 heterocycles. The number of hydrogen-bond acceptors (Lipinski definition) is 12. The van der Waals surface area contributed by atoms with Crippen LogP contribution in [0.1, 0.15) is 110 Å². The molecule has 0 bridgehead atoms. The SMILES string of the molecule is CCc1cc(C(C)(C)c2ccc(OCC3CO3)cc2)cc(Cc2cc(C(C)(C)c3ccc(OCC4CO4)cc3)cc(Cc3cc(C(C)(C)c4ccc(OCC5CO5)cc4)ccc3OCC3CO3)c2OCC2CO2)c1OCC1CO1. The molecule has 12 nitrogen and oxygen atoms in total. The van der Waals surface area contributed by atoms with Crippen LogP contribution in [0.25, 0.3) is 0 Å². The number of rotatable bonds is 29. The van der Waals surface area contributed by atoms with Crippen molar-refractivity contribution < 1.29 is 56.8 Å². The van der Waals surface area contributed by atoms with E-state index in [2.05, 4.69) is 164 Å². The van der Waals surface area contributed by atoms with Gasteiger partial charge in [0.25, 0.3) is 0 Å². The van der Waals surface area contributed by atoms with Crippen LogP contribution in [-0.4, -0.2) is 116 Å². The van der Waals surface area contributed by atoms with Crippen LogP contribution in [0.15, 0.2) is 115 Å². The molecule has 6 unspecified atom stereocenters. The maximum atomic E-state index is 7.15. The minimum Gasteiger partial charge on any atom is -0.491 e. The minimum atomic E-state index is -0.448. The third-order valence-electron chi connectivity index (χ3n) is 16.6. The minimum absolute atomic E-state index is 0.0245. The van der Waals surface area contributed by atoms with Gasteiger partial charge in [-0.2, -0.15) is 0 Å². The van der Waals surface area contributed by atoms with E-state index in [4.69, 9.17) is 56.8 Å². The molecule has 0 aliphatic carbocycles. The fourth-order valence-electron chi connectivity index (χ4n) is 10.4. The van der Waals surface area contributed by atoms with Crippen LogP contribution >= 0.6 is 0 Å². The second-order valence-electron chi connectivity index (χ2n) is 23.8. The normalized spacial score (nSPS) is 21.7. The highest BCUT2D eigenvalue weighted by molar-refractivity contribution is 5.58. The zero-order valence-electron chi connectivity index (χ0n) is 46.9. The van der Waals surface area contributed by atoms with Crippen LogP contribution in [-0.2, 0) is 63.9 Å². The molecule has 6 fully saturated rings. The van der Waals surface area contributed by atoms with E-state index in [0.717, 1.165) is 99.7 Å². The molecule has 6 aliphatic heterocycles. The van der Waals surface area contributed by atoms with E-state index in [9.17, 15) is 0 Å². The van der Waals surface area contributed by atoms with Crippen LogP contribution in [0, 0.1) is 0 Å². The maximum Gasteiger partial charge on any atom is 0.126 e. The third kappa shape index (κ3) is 13.2. The molecule has 6 atom stereocenters. The van der Waals surface area contributed by atoms with Crippen LogP contribution in [0.5, 0.6) is 34.5 Å². The van der Waals surface area contributed by atoms with Crippen molar-refractivity contribution in [2.24, 2.45) is 0 Å². The van der Waals surface area contributed by atoms with Gasteiger partial charge in [-0.05, 0) is 110 Å². The average molecular weight is 1070 g/mol. The van der Waals surface area contributed by atoms with Crippen LogP contribution in [0.2, 0.25) is 0 Å². The van der Waals surface area contributed by atoms with E-state index in [1.807, 2.05) is 0 Å². The first-order valence-corrected chi connectivity index (χ1v) is 28.5. The zero-order valence-corrected chi connectivity index (χ0v) is 46.9. The van der Waals surface area contributed by atoms with Crippen molar-refractivity contribution in [2.45, 2.75) is 121 Å². The third-order valence-corrected chi connectivity index (χ3v) is 16.6. The summed E-state index contributed by atoms with van der Waals surface area (Å²) in [5.74, 6) is 5.09. The quantitative estimate of drug-likeness (QED) is 0.0415. The summed E-state index contributed by atoms with van der Waals surface area (Å²) in [4.78, 5) is 0. The molecular weight excluding hydrogens is 997 g/mol. The van der Waals surface area contributed by atoms with Crippen molar-refractivity contribution in [3.63, 3.8) is 0 Å². The van der Waals surface area contributed by atoms with Gasteiger partial charge >= 0.3 is 0 Å². The molecule has 0 spiro atoms. The number of aryl methyl sites for hydroxylation is 1. The Bertz CT molecular complexity index is 3070. The summed E-state index contributed by atoms with van der Waals surface area (Å²) in [6.45, 7) is 23.4. The lowest BCUT2D eigenvalue weighted by Crippen LogP contribution is -2.22. The van der Waals surface area contributed by atoms with Gasteiger partial charge in [0.1, 0.15) is 111 Å². The Morgan fingerprint density at radius 1 is 0.329 bits per heavy atom. The summed E-state index contributed by atoms with van der Waals surface area (Å²) in [6, 6.07) is 41.7. The van der Waals surface area contributed by atoms with Crippen molar-refractivity contribution in [3.8, 4) is 34.5 Å². The van der Waals surface area contributed by atoms with Crippen molar-refractivity contribution >= 4 is 0 Å². The first-order chi connectivity index (χ1) is 38.2. The van der Waals surface area contributed by atoms with Gasteiger partial charge < -0.3 is 56.8 Å². The fourth-order valence-corrected chi connectivity index (χ4v) is 10.4. The highest BCUT2D eigenvalue weighted by Gasteiger charge is 2.34. The first kappa shape index (κ1) is 53.5. The van der Waals surface area contributed by atoms with E-state index < -0.39 is 5.41 Å².